The maximum atomic E-state index is 13.3. The van der Waals surface area contributed by atoms with Crippen molar-refractivity contribution in [2.24, 2.45) is 0 Å². The molecule has 1 nitrogen and oxygen atoms in total. The first-order chi connectivity index (χ1) is 7.57. The van der Waals surface area contributed by atoms with Crippen molar-refractivity contribution < 1.29 is 13.5 Å². The SMILES string of the molecule is CC.CCCOc1cc(C)c(C)c(F)c1F. The van der Waals surface area contributed by atoms with E-state index in [9.17, 15) is 8.78 Å². The van der Waals surface area contributed by atoms with Gasteiger partial charge in [0, 0.05) is 0 Å². The molecule has 0 fully saturated rings. The Morgan fingerprint density at radius 3 is 2.19 bits per heavy atom. The number of benzene rings is 1. The second kappa shape index (κ2) is 7.20. The van der Waals surface area contributed by atoms with Gasteiger partial charge in [-0.15, -0.1) is 0 Å². The molecule has 0 N–H and O–H groups in total. The van der Waals surface area contributed by atoms with Crippen LogP contribution in [-0.2, 0) is 0 Å². The lowest BCUT2D eigenvalue weighted by atomic mass is 10.1. The summed E-state index contributed by atoms with van der Waals surface area (Å²) in [5, 5.41) is 0. The van der Waals surface area contributed by atoms with Crippen LogP contribution in [0.4, 0.5) is 8.78 Å². The molecule has 1 aromatic carbocycles. The third-order valence-corrected chi connectivity index (χ3v) is 2.14. The molecule has 3 heteroatoms. The Balaban J connectivity index is 0.00000106. The van der Waals surface area contributed by atoms with Gasteiger partial charge in [-0.2, -0.15) is 4.39 Å². The maximum absolute atomic E-state index is 13.3. The molecule has 0 heterocycles. The number of ether oxygens (including phenoxy) is 1. The Hall–Kier alpha value is -1.12. The average molecular weight is 230 g/mol. The van der Waals surface area contributed by atoms with Gasteiger partial charge >= 0.3 is 0 Å². The van der Waals surface area contributed by atoms with Gasteiger partial charge in [0.2, 0.25) is 5.82 Å². The van der Waals surface area contributed by atoms with E-state index >= 15 is 0 Å². The Morgan fingerprint density at radius 2 is 1.69 bits per heavy atom. The van der Waals surface area contributed by atoms with Gasteiger partial charge in [-0.1, -0.05) is 20.8 Å². The molecule has 0 aliphatic rings. The standard InChI is InChI=1S/C11H14F2O.C2H6/c1-4-5-14-9-6-7(2)8(3)10(12)11(9)13;1-2/h6H,4-5H2,1-3H3;1-2H3. The van der Waals surface area contributed by atoms with Crippen molar-refractivity contribution in [1.29, 1.82) is 0 Å². The minimum Gasteiger partial charge on any atom is -0.490 e. The molecule has 0 amide bonds. The van der Waals surface area contributed by atoms with E-state index in [2.05, 4.69) is 0 Å². The molecular weight excluding hydrogens is 210 g/mol. The summed E-state index contributed by atoms with van der Waals surface area (Å²) in [5.74, 6) is -1.69. The molecule has 0 unspecified atom stereocenters. The molecule has 1 aromatic rings. The van der Waals surface area contributed by atoms with Gasteiger partial charge in [0.1, 0.15) is 0 Å². The minimum atomic E-state index is -0.887. The molecule has 0 atom stereocenters. The highest BCUT2D eigenvalue weighted by atomic mass is 19.2. The van der Waals surface area contributed by atoms with Crippen LogP contribution in [0.3, 0.4) is 0 Å². The molecular formula is C13H20F2O. The Kier molecular flexibility index (Phi) is 6.70. The van der Waals surface area contributed by atoms with E-state index in [1.807, 2.05) is 20.8 Å². The normalized spacial score (nSPS) is 9.44. The van der Waals surface area contributed by atoms with Crippen molar-refractivity contribution in [3.05, 3.63) is 28.8 Å². The fraction of sp³-hybridized carbons (Fsp3) is 0.538. The first-order valence-corrected chi connectivity index (χ1v) is 5.66. The van der Waals surface area contributed by atoms with E-state index in [0.29, 0.717) is 17.7 Å². The Labute approximate surface area is 96.4 Å². The van der Waals surface area contributed by atoms with Crippen molar-refractivity contribution in [1.82, 2.24) is 0 Å². The van der Waals surface area contributed by atoms with Gasteiger partial charge in [-0.3, -0.25) is 0 Å². The summed E-state index contributed by atoms with van der Waals surface area (Å²) in [7, 11) is 0. The van der Waals surface area contributed by atoms with E-state index in [1.54, 1.807) is 13.8 Å². The van der Waals surface area contributed by atoms with Gasteiger partial charge in [0.05, 0.1) is 6.61 Å². The van der Waals surface area contributed by atoms with Crippen LogP contribution in [0.5, 0.6) is 5.75 Å². The number of hydrogen-bond acceptors (Lipinski definition) is 1. The summed E-state index contributed by atoms with van der Waals surface area (Å²) < 4.78 is 31.6. The van der Waals surface area contributed by atoms with Crippen LogP contribution in [0.15, 0.2) is 6.07 Å². The Bertz CT molecular complexity index is 335. The summed E-state index contributed by atoms with van der Waals surface area (Å²) in [4.78, 5) is 0. The van der Waals surface area contributed by atoms with E-state index in [1.165, 1.54) is 6.07 Å². The predicted octanol–water partition coefficient (Wildman–Crippen LogP) is 4.40. The summed E-state index contributed by atoms with van der Waals surface area (Å²) in [6, 6.07) is 1.53. The van der Waals surface area contributed by atoms with Gasteiger partial charge in [0.25, 0.3) is 0 Å². The second-order valence-electron chi connectivity index (χ2n) is 3.29. The highest BCUT2D eigenvalue weighted by molar-refractivity contribution is 5.36. The van der Waals surface area contributed by atoms with Gasteiger partial charge in [-0.25, -0.2) is 4.39 Å². The van der Waals surface area contributed by atoms with Crippen LogP contribution in [0.2, 0.25) is 0 Å². The predicted molar refractivity (Wildman–Crippen MR) is 63.0 cm³/mol. The first-order valence-electron chi connectivity index (χ1n) is 5.66. The number of aryl methyl sites for hydroxylation is 1. The summed E-state index contributed by atoms with van der Waals surface area (Å²) in [5.41, 5.74) is 1.04. The average Bonchev–Trinajstić information content (AvgIpc) is 2.32. The zero-order valence-corrected chi connectivity index (χ0v) is 10.7. The lowest BCUT2D eigenvalue weighted by Gasteiger charge is -2.09. The number of hydrogen-bond donors (Lipinski definition) is 0. The van der Waals surface area contributed by atoms with E-state index in [0.717, 1.165) is 6.42 Å². The first kappa shape index (κ1) is 14.9. The lowest BCUT2D eigenvalue weighted by Crippen LogP contribution is -2.02. The zero-order chi connectivity index (χ0) is 12.7. The van der Waals surface area contributed by atoms with Crippen molar-refractivity contribution in [2.45, 2.75) is 41.0 Å². The molecule has 0 saturated heterocycles. The van der Waals surface area contributed by atoms with Gasteiger partial charge < -0.3 is 4.74 Å². The molecule has 0 aromatic heterocycles. The molecule has 16 heavy (non-hydrogen) atoms. The quantitative estimate of drug-likeness (QED) is 0.748. The smallest absolute Gasteiger partial charge is 0.200 e. The molecule has 0 aliphatic carbocycles. The molecule has 0 spiro atoms. The fourth-order valence-electron chi connectivity index (χ4n) is 1.13. The highest BCUT2D eigenvalue weighted by Crippen LogP contribution is 2.25. The summed E-state index contributed by atoms with van der Waals surface area (Å²) >= 11 is 0. The number of halogens is 2. The largest absolute Gasteiger partial charge is 0.490 e. The van der Waals surface area contributed by atoms with E-state index < -0.39 is 11.6 Å². The molecule has 0 saturated carbocycles. The zero-order valence-electron chi connectivity index (χ0n) is 10.7. The van der Waals surface area contributed by atoms with Crippen molar-refractivity contribution in [2.75, 3.05) is 6.61 Å². The van der Waals surface area contributed by atoms with E-state index in [4.69, 9.17) is 4.74 Å². The maximum Gasteiger partial charge on any atom is 0.200 e. The second-order valence-corrected chi connectivity index (χ2v) is 3.29. The van der Waals surface area contributed by atoms with Crippen molar-refractivity contribution in [3.8, 4) is 5.75 Å². The van der Waals surface area contributed by atoms with E-state index in [-0.39, 0.29) is 5.75 Å². The molecule has 0 aliphatic heterocycles. The minimum absolute atomic E-state index is 0.00690. The van der Waals surface area contributed by atoms with Crippen LogP contribution in [-0.4, -0.2) is 6.61 Å². The van der Waals surface area contributed by atoms with Crippen LogP contribution in [0.25, 0.3) is 0 Å². The van der Waals surface area contributed by atoms with Gasteiger partial charge in [-0.05, 0) is 37.5 Å². The van der Waals surface area contributed by atoms with Crippen LogP contribution in [0, 0.1) is 25.5 Å². The summed E-state index contributed by atoms with van der Waals surface area (Å²) in [6.45, 7) is 9.60. The van der Waals surface area contributed by atoms with Crippen LogP contribution < -0.4 is 4.74 Å². The number of rotatable bonds is 3. The molecule has 92 valence electrons. The van der Waals surface area contributed by atoms with Crippen LogP contribution in [0.1, 0.15) is 38.3 Å². The lowest BCUT2D eigenvalue weighted by molar-refractivity contribution is 0.294. The summed E-state index contributed by atoms with van der Waals surface area (Å²) in [6.07, 6.45) is 0.772. The fourth-order valence-corrected chi connectivity index (χ4v) is 1.13. The van der Waals surface area contributed by atoms with Gasteiger partial charge in [0.15, 0.2) is 11.6 Å². The molecule has 0 radical (unpaired) electrons. The van der Waals surface area contributed by atoms with Crippen molar-refractivity contribution >= 4 is 0 Å². The topological polar surface area (TPSA) is 9.23 Å². The Morgan fingerprint density at radius 1 is 1.12 bits per heavy atom. The molecule has 1 rings (SSSR count). The van der Waals surface area contributed by atoms with Crippen LogP contribution >= 0.6 is 0 Å². The highest BCUT2D eigenvalue weighted by Gasteiger charge is 2.14. The monoisotopic (exact) mass is 230 g/mol. The third kappa shape index (κ3) is 3.47. The third-order valence-electron chi connectivity index (χ3n) is 2.14. The van der Waals surface area contributed by atoms with Crippen molar-refractivity contribution in [3.63, 3.8) is 0 Å². The molecule has 0 bridgehead atoms.